The van der Waals surface area contributed by atoms with Gasteiger partial charge in [0.05, 0.1) is 0 Å². The highest BCUT2D eigenvalue weighted by molar-refractivity contribution is 5.01. The molecule has 2 atom stereocenters. The van der Waals surface area contributed by atoms with Gasteiger partial charge < -0.3 is 11.1 Å². The van der Waals surface area contributed by atoms with Gasteiger partial charge in [0.15, 0.2) is 0 Å². The standard InChI is InChI=1S/C14H30N2/c1-11(2)12(7-8-15)6-5-9-16-13-10-14(13,3)4/h11-13,16H,5-10,15H2,1-4H3. The summed E-state index contributed by atoms with van der Waals surface area (Å²) in [5, 5.41) is 3.65. The molecule has 1 rings (SSSR count). The molecule has 0 aromatic carbocycles. The van der Waals surface area contributed by atoms with E-state index in [0.29, 0.717) is 5.41 Å². The van der Waals surface area contributed by atoms with E-state index < -0.39 is 0 Å². The lowest BCUT2D eigenvalue weighted by Crippen LogP contribution is -2.23. The first-order valence-electron chi connectivity index (χ1n) is 6.91. The van der Waals surface area contributed by atoms with Crippen molar-refractivity contribution in [2.24, 2.45) is 23.0 Å². The Bertz CT molecular complexity index is 199. The first kappa shape index (κ1) is 14.0. The van der Waals surface area contributed by atoms with E-state index in [1.807, 2.05) is 0 Å². The molecule has 2 unspecified atom stereocenters. The molecule has 2 nitrogen and oxygen atoms in total. The van der Waals surface area contributed by atoms with E-state index in [4.69, 9.17) is 5.73 Å². The fourth-order valence-electron chi connectivity index (χ4n) is 2.48. The summed E-state index contributed by atoms with van der Waals surface area (Å²) in [6.07, 6.45) is 5.17. The van der Waals surface area contributed by atoms with Crippen LogP contribution in [0.3, 0.4) is 0 Å². The molecule has 0 aromatic rings. The van der Waals surface area contributed by atoms with E-state index in [-0.39, 0.29) is 0 Å². The van der Waals surface area contributed by atoms with Crippen LogP contribution < -0.4 is 11.1 Å². The second-order valence-electron chi connectivity index (χ2n) is 6.42. The zero-order chi connectivity index (χ0) is 12.2. The Kier molecular flexibility index (Phi) is 5.26. The number of hydrogen-bond donors (Lipinski definition) is 2. The molecular weight excluding hydrogens is 196 g/mol. The van der Waals surface area contributed by atoms with Gasteiger partial charge in [0, 0.05) is 6.04 Å². The topological polar surface area (TPSA) is 38.0 Å². The van der Waals surface area contributed by atoms with Gasteiger partial charge in [-0.1, -0.05) is 27.7 Å². The maximum Gasteiger partial charge on any atom is 0.0124 e. The molecule has 1 saturated carbocycles. The van der Waals surface area contributed by atoms with Gasteiger partial charge in [-0.15, -0.1) is 0 Å². The quantitative estimate of drug-likeness (QED) is 0.625. The Morgan fingerprint density at radius 2 is 1.94 bits per heavy atom. The van der Waals surface area contributed by atoms with E-state index >= 15 is 0 Å². The minimum atomic E-state index is 0.564. The van der Waals surface area contributed by atoms with Crippen LogP contribution in [0.2, 0.25) is 0 Å². The summed E-state index contributed by atoms with van der Waals surface area (Å²) < 4.78 is 0. The Morgan fingerprint density at radius 1 is 1.31 bits per heavy atom. The van der Waals surface area contributed by atoms with Crippen molar-refractivity contribution in [1.29, 1.82) is 0 Å². The fraction of sp³-hybridized carbons (Fsp3) is 1.00. The summed E-state index contributed by atoms with van der Waals surface area (Å²) in [4.78, 5) is 0. The molecule has 0 aromatic heterocycles. The average Bonchev–Trinajstić information content (AvgIpc) is 2.79. The normalized spacial score (nSPS) is 24.8. The summed E-state index contributed by atoms with van der Waals surface area (Å²) in [7, 11) is 0. The Labute approximate surface area is 101 Å². The van der Waals surface area contributed by atoms with Crippen molar-refractivity contribution < 1.29 is 0 Å². The van der Waals surface area contributed by atoms with E-state index in [9.17, 15) is 0 Å². The zero-order valence-electron chi connectivity index (χ0n) is 11.6. The van der Waals surface area contributed by atoms with E-state index in [1.54, 1.807) is 0 Å². The molecule has 1 aliphatic carbocycles. The van der Waals surface area contributed by atoms with Crippen LogP contribution in [-0.4, -0.2) is 19.1 Å². The van der Waals surface area contributed by atoms with Crippen molar-refractivity contribution in [3.63, 3.8) is 0 Å². The zero-order valence-corrected chi connectivity index (χ0v) is 11.6. The monoisotopic (exact) mass is 226 g/mol. The third kappa shape index (κ3) is 4.42. The van der Waals surface area contributed by atoms with Crippen LogP contribution >= 0.6 is 0 Å². The van der Waals surface area contributed by atoms with Crippen molar-refractivity contribution in [3.8, 4) is 0 Å². The van der Waals surface area contributed by atoms with Gasteiger partial charge in [0.25, 0.3) is 0 Å². The summed E-state index contributed by atoms with van der Waals surface area (Å²) in [5.41, 5.74) is 6.21. The van der Waals surface area contributed by atoms with Crippen molar-refractivity contribution in [1.82, 2.24) is 5.32 Å². The van der Waals surface area contributed by atoms with E-state index in [2.05, 4.69) is 33.0 Å². The summed E-state index contributed by atoms with van der Waals surface area (Å²) >= 11 is 0. The lowest BCUT2D eigenvalue weighted by atomic mass is 9.88. The molecule has 0 amide bonds. The SMILES string of the molecule is CC(C)C(CCN)CCCNC1CC1(C)C. The van der Waals surface area contributed by atoms with Crippen molar-refractivity contribution in [2.75, 3.05) is 13.1 Å². The molecule has 0 aliphatic heterocycles. The van der Waals surface area contributed by atoms with Gasteiger partial charge in [-0.3, -0.25) is 0 Å². The largest absolute Gasteiger partial charge is 0.330 e. The minimum Gasteiger partial charge on any atom is -0.330 e. The molecule has 0 bridgehead atoms. The maximum absolute atomic E-state index is 5.65. The Morgan fingerprint density at radius 3 is 2.38 bits per heavy atom. The predicted molar refractivity (Wildman–Crippen MR) is 71.4 cm³/mol. The van der Waals surface area contributed by atoms with Crippen LogP contribution in [0, 0.1) is 17.3 Å². The number of hydrogen-bond acceptors (Lipinski definition) is 2. The van der Waals surface area contributed by atoms with Crippen molar-refractivity contribution in [3.05, 3.63) is 0 Å². The summed E-state index contributed by atoms with van der Waals surface area (Å²) in [6, 6.07) is 0.777. The van der Waals surface area contributed by atoms with Crippen LogP contribution in [0.25, 0.3) is 0 Å². The minimum absolute atomic E-state index is 0.564. The number of nitrogens with one attached hydrogen (secondary N) is 1. The molecule has 16 heavy (non-hydrogen) atoms. The molecule has 0 heterocycles. The van der Waals surface area contributed by atoms with Gasteiger partial charge in [0.2, 0.25) is 0 Å². The third-order valence-electron chi connectivity index (χ3n) is 4.14. The predicted octanol–water partition coefficient (Wildman–Crippen LogP) is 2.78. The van der Waals surface area contributed by atoms with Crippen LogP contribution in [0.15, 0.2) is 0 Å². The maximum atomic E-state index is 5.65. The molecule has 0 spiro atoms. The van der Waals surface area contributed by atoms with Crippen LogP contribution in [0.5, 0.6) is 0 Å². The molecular formula is C14H30N2. The Hall–Kier alpha value is -0.0800. The third-order valence-corrected chi connectivity index (χ3v) is 4.14. The van der Waals surface area contributed by atoms with Crippen molar-refractivity contribution in [2.45, 2.75) is 59.4 Å². The lowest BCUT2D eigenvalue weighted by Gasteiger charge is -2.20. The highest BCUT2D eigenvalue weighted by Gasteiger charge is 2.44. The van der Waals surface area contributed by atoms with Gasteiger partial charge in [-0.2, -0.15) is 0 Å². The van der Waals surface area contributed by atoms with Gasteiger partial charge in [0.1, 0.15) is 0 Å². The highest BCUT2D eigenvalue weighted by atomic mass is 15.0. The van der Waals surface area contributed by atoms with Gasteiger partial charge in [-0.25, -0.2) is 0 Å². The number of rotatable bonds is 8. The van der Waals surface area contributed by atoms with Crippen LogP contribution in [-0.2, 0) is 0 Å². The van der Waals surface area contributed by atoms with E-state index in [0.717, 1.165) is 24.4 Å². The van der Waals surface area contributed by atoms with Gasteiger partial charge in [-0.05, 0) is 56.0 Å². The van der Waals surface area contributed by atoms with E-state index in [1.165, 1.54) is 32.2 Å². The average molecular weight is 226 g/mol. The van der Waals surface area contributed by atoms with Crippen molar-refractivity contribution >= 4 is 0 Å². The smallest absolute Gasteiger partial charge is 0.0124 e. The lowest BCUT2D eigenvalue weighted by molar-refractivity contribution is 0.330. The first-order valence-corrected chi connectivity index (χ1v) is 6.91. The molecule has 96 valence electrons. The fourth-order valence-corrected chi connectivity index (χ4v) is 2.48. The molecule has 1 fully saturated rings. The molecule has 3 N–H and O–H groups in total. The van der Waals surface area contributed by atoms with Gasteiger partial charge >= 0.3 is 0 Å². The summed E-state index contributed by atoms with van der Waals surface area (Å²) in [5.74, 6) is 1.60. The van der Waals surface area contributed by atoms with Crippen LogP contribution in [0.1, 0.15) is 53.4 Å². The summed E-state index contributed by atoms with van der Waals surface area (Å²) in [6.45, 7) is 11.3. The second-order valence-corrected chi connectivity index (χ2v) is 6.42. The second kappa shape index (κ2) is 6.02. The molecule has 0 saturated heterocycles. The molecule has 1 aliphatic rings. The first-order chi connectivity index (χ1) is 7.47. The molecule has 2 heteroatoms. The number of nitrogens with two attached hydrogens (primary N) is 1. The highest BCUT2D eigenvalue weighted by Crippen LogP contribution is 2.44. The molecule has 0 radical (unpaired) electrons. The van der Waals surface area contributed by atoms with Crippen LogP contribution in [0.4, 0.5) is 0 Å². The Balaban J connectivity index is 2.05.